The fourth-order valence-corrected chi connectivity index (χ4v) is 3.27. The van der Waals surface area contributed by atoms with Gasteiger partial charge in [-0.3, -0.25) is 4.79 Å². The van der Waals surface area contributed by atoms with Crippen molar-refractivity contribution >= 4 is 5.91 Å². The van der Waals surface area contributed by atoms with Gasteiger partial charge in [0, 0.05) is 24.5 Å². The molecule has 0 aliphatic heterocycles. The van der Waals surface area contributed by atoms with E-state index in [0.29, 0.717) is 11.8 Å². The van der Waals surface area contributed by atoms with Gasteiger partial charge in [-0.15, -0.1) is 0 Å². The summed E-state index contributed by atoms with van der Waals surface area (Å²) in [5.41, 5.74) is 0. The van der Waals surface area contributed by atoms with Crippen molar-refractivity contribution in [3.8, 4) is 0 Å². The molecule has 0 radical (unpaired) electrons. The molecule has 0 heterocycles. The number of carbonyl (C=O) groups is 1. The molecule has 1 aliphatic rings. The van der Waals surface area contributed by atoms with E-state index in [1.807, 2.05) is 0 Å². The van der Waals surface area contributed by atoms with Gasteiger partial charge in [-0.05, 0) is 24.7 Å². The average molecular weight is 255 g/mol. The zero-order valence-electron chi connectivity index (χ0n) is 12.3. The van der Waals surface area contributed by atoms with Gasteiger partial charge in [0.2, 0.25) is 5.91 Å². The van der Waals surface area contributed by atoms with Crippen molar-refractivity contribution < 1.29 is 9.90 Å². The molecule has 2 atom stereocenters. The minimum Gasteiger partial charge on any atom is -0.396 e. The maximum Gasteiger partial charge on any atom is 0.223 e. The number of aliphatic hydroxyl groups is 1. The Labute approximate surface area is 111 Å². The quantitative estimate of drug-likeness (QED) is 0.793. The summed E-state index contributed by atoms with van der Waals surface area (Å²) in [6.07, 6.45) is 4.39. The zero-order valence-corrected chi connectivity index (χ0v) is 12.3. The van der Waals surface area contributed by atoms with E-state index >= 15 is 0 Å². The van der Waals surface area contributed by atoms with Crippen LogP contribution in [0.25, 0.3) is 0 Å². The van der Waals surface area contributed by atoms with Crippen LogP contribution in [0.4, 0.5) is 0 Å². The van der Waals surface area contributed by atoms with Crippen LogP contribution in [0.5, 0.6) is 0 Å². The van der Waals surface area contributed by atoms with Gasteiger partial charge in [-0.1, -0.05) is 40.5 Å². The Kier molecular flexibility index (Phi) is 6.13. The van der Waals surface area contributed by atoms with Crippen LogP contribution >= 0.6 is 0 Å². The van der Waals surface area contributed by atoms with Crippen LogP contribution < -0.4 is 5.32 Å². The molecule has 1 rings (SSSR count). The molecule has 0 bridgehead atoms. The monoisotopic (exact) mass is 255 g/mol. The molecule has 1 fully saturated rings. The maximum absolute atomic E-state index is 12.4. The predicted molar refractivity (Wildman–Crippen MR) is 74.1 cm³/mol. The molecule has 3 nitrogen and oxygen atoms in total. The van der Waals surface area contributed by atoms with E-state index in [1.54, 1.807) is 0 Å². The van der Waals surface area contributed by atoms with Crippen molar-refractivity contribution in [2.75, 3.05) is 6.61 Å². The van der Waals surface area contributed by atoms with Gasteiger partial charge in [0.1, 0.15) is 0 Å². The molecule has 0 aromatic rings. The highest BCUT2D eigenvalue weighted by molar-refractivity contribution is 5.79. The van der Waals surface area contributed by atoms with Crippen LogP contribution in [0.15, 0.2) is 0 Å². The van der Waals surface area contributed by atoms with Crippen LogP contribution in [-0.4, -0.2) is 23.7 Å². The number of carbonyl (C=O) groups excluding carboxylic acids is 1. The first-order valence-electron chi connectivity index (χ1n) is 7.38. The van der Waals surface area contributed by atoms with E-state index in [4.69, 9.17) is 0 Å². The van der Waals surface area contributed by atoms with Crippen molar-refractivity contribution in [3.63, 3.8) is 0 Å². The first-order chi connectivity index (χ1) is 8.47. The summed E-state index contributed by atoms with van der Waals surface area (Å²) >= 11 is 0. The van der Waals surface area contributed by atoms with Crippen LogP contribution in [0.1, 0.15) is 53.4 Å². The normalized spacial score (nSPS) is 24.9. The van der Waals surface area contributed by atoms with E-state index in [1.165, 1.54) is 6.42 Å². The largest absolute Gasteiger partial charge is 0.396 e. The molecule has 0 aromatic carbocycles. The van der Waals surface area contributed by atoms with E-state index < -0.39 is 0 Å². The fourth-order valence-electron chi connectivity index (χ4n) is 3.27. The van der Waals surface area contributed by atoms with Crippen LogP contribution in [0, 0.1) is 23.7 Å². The maximum atomic E-state index is 12.4. The second-order valence-electron chi connectivity index (χ2n) is 6.36. The van der Waals surface area contributed by atoms with Gasteiger partial charge in [0.15, 0.2) is 0 Å². The van der Waals surface area contributed by atoms with Crippen LogP contribution in [-0.2, 0) is 4.79 Å². The van der Waals surface area contributed by atoms with Crippen molar-refractivity contribution in [1.82, 2.24) is 5.32 Å². The Balaban J connectivity index is 2.61. The molecule has 18 heavy (non-hydrogen) atoms. The second kappa shape index (κ2) is 7.13. The van der Waals surface area contributed by atoms with Crippen LogP contribution in [0.3, 0.4) is 0 Å². The van der Waals surface area contributed by atoms with Gasteiger partial charge in [-0.2, -0.15) is 0 Å². The number of aliphatic hydroxyl groups excluding tert-OH is 1. The van der Waals surface area contributed by atoms with Crippen LogP contribution in [0.2, 0.25) is 0 Å². The van der Waals surface area contributed by atoms with Gasteiger partial charge in [-0.25, -0.2) is 0 Å². The molecule has 0 spiro atoms. The van der Waals surface area contributed by atoms with Gasteiger partial charge < -0.3 is 10.4 Å². The van der Waals surface area contributed by atoms with E-state index in [2.05, 4.69) is 33.0 Å². The highest BCUT2D eigenvalue weighted by Crippen LogP contribution is 2.26. The number of amides is 1. The lowest BCUT2D eigenvalue weighted by molar-refractivity contribution is -0.129. The molecular weight excluding hydrogens is 226 g/mol. The van der Waals surface area contributed by atoms with Crippen molar-refractivity contribution in [1.29, 1.82) is 0 Å². The summed E-state index contributed by atoms with van der Waals surface area (Å²) in [6, 6.07) is 0.177. The van der Waals surface area contributed by atoms with E-state index in [0.717, 1.165) is 19.3 Å². The first-order valence-corrected chi connectivity index (χ1v) is 7.38. The lowest BCUT2D eigenvalue weighted by Gasteiger charge is -2.33. The summed E-state index contributed by atoms with van der Waals surface area (Å²) in [6.45, 7) is 8.62. The standard InChI is InChI=1S/C15H29NO2/c1-10(2)14(11(3)4)15(18)16-13-8-6-5-7-12(13)9-17/h10-14,17H,5-9H2,1-4H3,(H,16,18). The summed E-state index contributed by atoms with van der Waals surface area (Å²) in [5.74, 6) is 1.22. The van der Waals surface area contributed by atoms with Gasteiger partial charge >= 0.3 is 0 Å². The molecule has 106 valence electrons. The van der Waals surface area contributed by atoms with Crippen molar-refractivity contribution in [3.05, 3.63) is 0 Å². The minimum absolute atomic E-state index is 0.0752. The summed E-state index contributed by atoms with van der Waals surface area (Å²) in [4.78, 5) is 12.4. The lowest BCUT2D eigenvalue weighted by Crippen LogP contribution is -2.47. The smallest absolute Gasteiger partial charge is 0.223 e. The Morgan fingerprint density at radius 1 is 1.17 bits per heavy atom. The molecule has 1 amide bonds. The zero-order chi connectivity index (χ0) is 13.7. The number of hydrogen-bond donors (Lipinski definition) is 2. The summed E-state index contributed by atoms with van der Waals surface area (Å²) in [5, 5.41) is 12.6. The van der Waals surface area contributed by atoms with E-state index in [-0.39, 0.29) is 30.4 Å². The molecular formula is C15H29NO2. The highest BCUT2D eigenvalue weighted by Gasteiger charge is 2.31. The third kappa shape index (κ3) is 3.98. The molecule has 3 heteroatoms. The summed E-state index contributed by atoms with van der Waals surface area (Å²) < 4.78 is 0. The molecule has 0 saturated heterocycles. The Hall–Kier alpha value is -0.570. The second-order valence-corrected chi connectivity index (χ2v) is 6.36. The van der Waals surface area contributed by atoms with Crippen molar-refractivity contribution in [2.24, 2.45) is 23.7 Å². The summed E-state index contributed by atoms with van der Waals surface area (Å²) in [7, 11) is 0. The SMILES string of the molecule is CC(C)C(C(=O)NC1CCCCC1CO)C(C)C. The molecule has 2 unspecified atom stereocenters. The Bertz CT molecular complexity index is 255. The van der Waals surface area contributed by atoms with Crippen molar-refractivity contribution in [2.45, 2.75) is 59.4 Å². The molecule has 0 aromatic heterocycles. The Morgan fingerprint density at radius 2 is 1.72 bits per heavy atom. The van der Waals surface area contributed by atoms with Gasteiger partial charge in [0.05, 0.1) is 0 Å². The molecule has 1 aliphatic carbocycles. The third-order valence-corrected chi connectivity index (χ3v) is 4.21. The average Bonchev–Trinajstić information content (AvgIpc) is 2.28. The topological polar surface area (TPSA) is 49.3 Å². The molecule has 1 saturated carbocycles. The number of hydrogen-bond acceptors (Lipinski definition) is 2. The number of nitrogens with one attached hydrogen (secondary N) is 1. The highest BCUT2D eigenvalue weighted by atomic mass is 16.3. The lowest BCUT2D eigenvalue weighted by atomic mass is 9.82. The van der Waals surface area contributed by atoms with E-state index in [9.17, 15) is 9.90 Å². The fraction of sp³-hybridized carbons (Fsp3) is 0.933. The Morgan fingerprint density at radius 3 is 2.22 bits per heavy atom. The first kappa shape index (κ1) is 15.5. The third-order valence-electron chi connectivity index (χ3n) is 4.21. The van der Waals surface area contributed by atoms with Gasteiger partial charge in [0.25, 0.3) is 0 Å². The number of rotatable bonds is 5. The minimum atomic E-state index is 0.0752. The predicted octanol–water partition coefficient (Wildman–Crippen LogP) is 2.58. The molecule has 2 N–H and O–H groups in total.